The van der Waals surface area contributed by atoms with Crippen LogP contribution in [0.2, 0.25) is 0 Å². The van der Waals surface area contributed by atoms with E-state index in [1.54, 1.807) is 4.90 Å². The van der Waals surface area contributed by atoms with Gasteiger partial charge in [-0.2, -0.15) is 13.2 Å². The first kappa shape index (κ1) is 19.5. The Morgan fingerprint density at radius 1 is 1.22 bits per heavy atom. The maximum absolute atomic E-state index is 12.7. The number of H-pyrrole nitrogens is 1. The Kier molecular flexibility index (Phi) is 5.61. The average molecular weight is 388 g/mol. The number of likely N-dealkylation sites (tertiary alicyclic amines) is 1. The number of carbonyl (C=O) groups is 2. The monoisotopic (exact) mass is 388 g/mol. The molecule has 1 atom stereocenters. The Morgan fingerprint density at radius 2 is 1.93 bits per heavy atom. The van der Waals surface area contributed by atoms with Gasteiger partial charge in [-0.15, -0.1) is 0 Å². The Hall–Kier alpha value is -2.26. The van der Waals surface area contributed by atoms with Crippen molar-refractivity contribution in [3.05, 3.63) is 17.7 Å². The van der Waals surface area contributed by atoms with Crippen molar-refractivity contribution in [3.63, 3.8) is 0 Å². The van der Waals surface area contributed by atoms with Gasteiger partial charge in [-0.25, -0.2) is 9.78 Å². The fourth-order valence-electron chi connectivity index (χ4n) is 3.82. The van der Waals surface area contributed by atoms with Gasteiger partial charge in [0.15, 0.2) is 0 Å². The minimum Gasteiger partial charge on any atom is -0.481 e. The number of nitrogens with one attached hydrogen (secondary N) is 2. The minimum absolute atomic E-state index is 0.0612. The number of nitrogens with zero attached hydrogens (tertiary/aromatic N) is 2. The van der Waals surface area contributed by atoms with Crippen LogP contribution in [0.15, 0.2) is 6.20 Å². The molecule has 2 aliphatic rings. The van der Waals surface area contributed by atoms with Crippen LogP contribution in [0.1, 0.15) is 56.0 Å². The summed E-state index contributed by atoms with van der Waals surface area (Å²) in [6.45, 7) is 0.848. The quantitative estimate of drug-likeness (QED) is 0.741. The number of urea groups is 1. The van der Waals surface area contributed by atoms with Gasteiger partial charge in [0, 0.05) is 25.0 Å². The number of amides is 2. The summed E-state index contributed by atoms with van der Waals surface area (Å²) in [5.41, 5.74) is -0.880. The third-order valence-electron chi connectivity index (χ3n) is 5.40. The minimum atomic E-state index is -4.47. The SMILES string of the molecule is O=C(O)C1CCC(NC(=O)N2CCCC(c3ncc(C(F)(F)F)[nH]3)C2)CC1. The molecule has 27 heavy (non-hydrogen) atoms. The molecule has 0 spiro atoms. The van der Waals surface area contributed by atoms with E-state index in [0.29, 0.717) is 51.6 Å². The van der Waals surface area contributed by atoms with Crippen molar-refractivity contribution in [1.29, 1.82) is 0 Å². The fourth-order valence-corrected chi connectivity index (χ4v) is 3.82. The molecule has 0 bridgehead atoms. The van der Waals surface area contributed by atoms with Gasteiger partial charge in [0.2, 0.25) is 0 Å². The fraction of sp³-hybridized carbons (Fsp3) is 0.706. The molecule has 0 radical (unpaired) electrons. The molecular weight excluding hydrogens is 365 g/mol. The van der Waals surface area contributed by atoms with Gasteiger partial charge in [-0.05, 0) is 38.5 Å². The largest absolute Gasteiger partial charge is 0.481 e. The van der Waals surface area contributed by atoms with Crippen LogP contribution in [0.4, 0.5) is 18.0 Å². The number of imidazole rings is 1. The number of piperidine rings is 1. The topological polar surface area (TPSA) is 98.3 Å². The molecule has 1 aliphatic carbocycles. The Morgan fingerprint density at radius 3 is 2.52 bits per heavy atom. The summed E-state index contributed by atoms with van der Waals surface area (Å²) in [5, 5.41) is 12.0. The predicted octanol–water partition coefficient (Wildman–Crippen LogP) is 2.96. The van der Waals surface area contributed by atoms with Crippen LogP contribution in [-0.4, -0.2) is 51.1 Å². The highest BCUT2D eigenvalue weighted by Crippen LogP contribution is 2.31. The van der Waals surface area contributed by atoms with E-state index >= 15 is 0 Å². The molecule has 1 unspecified atom stereocenters. The lowest BCUT2D eigenvalue weighted by Gasteiger charge is -2.34. The van der Waals surface area contributed by atoms with Gasteiger partial charge in [0.05, 0.1) is 12.1 Å². The molecular formula is C17H23F3N4O3. The van der Waals surface area contributed by atoms with Crippen molar-refractivity contribution >= 4 is 12.0 Å². The molecule has 3 N–H and O–H groups in total. The van der Waals surface area contributed by atoms with Gasteiger partial charge in [-0.3, -0.25) is 4.79 Å². The average Bonchev–Trinajstić information content (AvgIpc) is 3.13. The van der Waals surface area contributed by atoms with E-state index in [2.05, 4.69) is 15.3 Å². The van der Waals surface area contributed by atoms with Crippen molar-refractivity contribution in [3.8, 4) is 0 Å². The molecule has 1 saturated heterocycles. The highest BCUT2D eigenvalue weighted by atomic mass is 19.4. The number of carbonyl (C=O) groups excluding carboxylic acids is 1. The van der Waals surface area contributed by atoms with Gasteiger partial charge < -0.3 is 20.3 Å². The number of hydrogen-bond donors (Lipinski definition) is 3. The Bertz CT molecular complexity index is 683. The first-order chi connectivity index (χ1) is 12.7. The van der Waals surface area contributed by atoms with Crippen molar-refractivity contribution in [2.45, 2.75) is 56.7 Å². The number of rotatable bonds is 3. The van der Waals surface area contributed by atoms with E-state index in [1.165, 1.54) is 0 Å². The highest BCUT2D eigenvalue weighted by Gasteiger charge is 2.35. The molecule has 150 valence electrons. The first-order valence-electron chi connectivity index (χ1n) is 9.14. The number of halogens is 3. The lowest BCUT2D eigenvalue weighted by molar-refractivity contribution is -0.143. The first-order valence-corrected chi connectivity index (χ1v) is 9.14. The molecule has 1 aliphatic heterocycles. The lowest BCUT2D eigenvalue weighted by atomic mass is 9.86. The van der Waals surface area contributed by atoms with E-state index in [-0.39, 0.29) is 29.7 Å². The normalized spacial score (nSPS) is 26.6. The molecule has 1 aromatic heterocycles. The molecule has 1 aromatic rings. The Balaban J connectivity index is 1.54. The van der Waals surface area contributed by atoms with E-state index in [9.17, 15) is 22.8 Å². The standard InChI is InChI=1S/C17H23F3N4O3/c18-17(19,20)13-8-21-14(23-13)11-2-1-7-24(9-11)16(27)22-12-5-3-10(4-6-12)15(25)26/h8,10-12H,1-7,9H2,(H,21,23)(H,22,27)(H,25,26). The van der Waals surface area contributed by atoms with Crippen LogP contribution >= 0.6 is 0 Å². The van der Waals surface area contributed by atoms with E-state index in [1.807, 2.05) is 0 Å². The second-order valence-electron chi connectivity index (χ2n) is 7.30. The van der Waals surface area contributed by atoms with Crippen LogP contribution < -0.4 is 5.32 Å². The number of aliphatic carboxylic acids is 1. The molecule has 1 saturated carbocycles. The van der Waals surface area contributed by atoms with Crippen molar-refractivity contribution in [2.24, 2.45) is 5.92 Å². The molecule has 10 heteroatoms. The summed E-state index contributed by atoms with van der Waals surface area (Å²) in [6, 6.07) is -0.310. The smallest absolute Gasteiger partial charge is 0.432 e. The van der Waals surface area contributed by atoms with Crippen LogP contribution in [0.5, 0.6) is 0 Å². The molecule has 3 rings (SSSR count). The number of aromatic nitrogens is 2. The molecule has 7 nitrogen and oxygen atoms in total. The van der Waals surface area contributed by atoms with E-state index in [0.717, 1.165) is 6.20 Å². The van der Waals surface area contributed by atoms with Crippen LogP contribution in [-0.2, 0) is 11.0 Å². The van der Waals surface area contributed by atoms with Crippen LogP contribution in [0.25, 0.3) is 0 Å². The summed E-state index contributed by atoms with van der Waals surface area (Å²) in [5.74, 6) is -1.15. The summed E-state index contributed by atoms with van der Waals surface area (Å²) in [4.78, 5) is 31.3. The van der Waals surface area contributed by atoms with Crippen molar-refractivity contribution < 1.29 is 27.9 Å². The molecule has 2 amide bonds. The maximum Gasteiger partial charge on any atom is 0.432 e. The molecule has 0 aromatic carbocycles. The highest BCUT2D eigenvalue weighted by molar-refractivity contribution is 5.75. The van der Waals surface area contributed by atoms with Gasteiger partial charge in [0.25, 0.3) is 0 Å². The predicted molar refractivity (Wildman–Crippen MR) is 89.1 cm³/mol. The third kappa shape index (κ3) is 4.72. The number of alkyl halides is 3. The number of carboxylic acids is 1. The lowest BCUT2D eigenvalue weighted by Crippen LogP contribution is -2.49. The zero-order valence-electron chi connectivity index (χ0n) is 14.8. The summed E-state index contributed by atoms with van der Waals surface area (Å²) >= 11 is 0. The summed E-state index contributed by atoms with van der Waals surface area (Å²) in [6.07, 6.45) is -0.0174. The van der Waals surface area contributed by atoms with Gasteiger partial charge >= 0.3 is 18.2 Å². The van der Waals surface area contributed by atoms with Crippen LogP contribution in [0, 0.1) is 5.92 Å². The summed E-state index contributed by atoms with van der Waals surface area (Å²) in [7, 11) is 0. The van der Waals surface area contributed by atoms with Gasteiger partial charge in [0.1, 0.15) is 11.5 Å². The maximum atomic E-state index is 12.7. The third-order valence-corrected chi connectivity index (χ3v) is 5.40. The number of carboxylic acid groups (broad SMARTS) is 1. The second kappa shape index (κ2) is 7.77. The zero-order valence-corrected chi connectivity index (χ0v) is 14.8. The molecule has 2 fully saturated rings. The number of aromatic amines is 1. The molecule has 2 heterocycles. The van der Waals surface area contributed by atoms with Crippen molar-refractivity contribution in [2.75, 3.05) is 13.1 Å². The van der Waals surface area contributed by atoms with E-state index in [4.69, 9.17) is 5.11 Å². The number of hydrogen-bond acceptors (Lipinski definition) is 3. The van der Waals surface area contributed by atoms with Gasteiger partial charge in [-0.1, -0.05) is 0 Å². The van der Waals surface area contributed by atoms with Crippen LogP contribution in [0.3, 0.4) is 0 Å². The van der Waals surface area contributed by atoms with E-state index < -0.39 is 17.8 Å². The second-order valence-corrected chi connectivity index (χ2v) is 7.30. The zero-order chi connectivity index (χ0) is 19.6. The Labute approximate surface area is 154 Å². The van der Waals surface area contributed by atoms with Crippen molar-refractivity contribution in [1.82, 2.24) is 20.2 Å². The summed E-state index contributed by atoms with van der Waals surface area (Å²) < 4.78 is 38.2.